The van der Waals surface area contributed by atoms with E-state index < -0.39 is 11.7 Å². The van der Waals surface area contributed by atoms with Gasteiger partial charge in [-0.1, -0.05) is 12.1 Å². The van der Waals surface area contributed by atoms with Crippen molar-refractivity contribution in [3.63, 3.8) is 0 Å². The minimum absolute atomic E-state index is 0.449. The van der Waals surface area contributed by atoms with E-state index in [1.54, 1.807) is 10.9 Å². The van der Waals surface area contributed by atoms with Crippen LogP contribution in [0.5, 0.6) is 0 Å². The van der Waals surface area contributed by atoms with Crippen molar-refractivity contribution >= 4 is 15.9 Å². The van der Waals surface area contributed by atoms with Gasteiger partial charge in [0.25, 0.3) is 0 Å². The summed E-state index contributed by atoms with van der Waals surface area (Å²) >= 11 is 3.34. The Kier molecular flexibility index (Phi) is 3.47. The zero-order valence-corrected chi connectivity index (χ0v) is 11.1. The molecule has 0 atom stereocenters. The Morgan fingerprint density at radius 2 is 1.83 bits per heavy atom. The molecule has 0 amide bonds. The van der Waals surface area contributed by atoms with E-state index in [2.05, 4.69) is 21.0 Å². The van der Waals surface area contributed by atoms with Gasteiger partial charge < -0.3 is 0 Å². The fraction of sp³-hybridized carbons (Fsp3) is 0.250. The summed E-state index contributed by atoms with van der Waals surface area (Å²) in [6.45, 7) is 2.30. The van der Waals surface area contributed by atoms with Crippen molar-refractivity contribution in [2.75, 3.05) is 0 Å². The molecule has 0 bridgehead atoms. The fourth-order valence-corrected chi connectivity index (χ4v) is 1.88. The standard InChI is InChI=1S/C12H10BrF3N2/c1-8-11(13)7-18(17-8)6-9-2-4-10(5-3-9)12(14,15)16/h2-5,7H,6H2,1H3. The number of hydrogen-bond donors (Lipinski definition) is 0. The molecule has 0 aliphatic heterocycles. The summed E-state index contributed by atoms with van der Waals surface area (Å²) < 4.78 is 39.7. The van der Waals surface area contributed by atoms with Gasteiger partial charge in [0.05, 0.1) is 22.3 Å². The van der Waals surface area contributed by atoms with Gasteiger partial charge in [0.1, 0.15) is 0 Å². The highest BCUT2D eigenvalue weighted by atomic mass is 79.9. The molecule has 1 heterocycles. The molecule has 0 saturated heterocycles. The molecular weight excluding hydrogens is 309 g/mol. The summed E-state index contributed by atoms with van der Waals surface area (Å²) in [7, 11) is 0. The van der Waals surface area contributed by atoms with Gasteiger partial charge in [-0.05, 0) is 40.5 Å². The Bertz CT molecular complexity index is 524. The Balaban J connectivity index is 2.16. The lowest BCUT2D eigenvalue weighted by atomic mass is 10.1. The van der Waals surface area contributed by atoms with Gasteiger partial charge in [-0.15, -0.1) is 0 Å². The first-order valence-corrected chi connectivity index (χ1v) is 6.01. The molecule has 96 valence electrons. The van der Waals surface area contributed by atoms with Crippen LogP contribution >= 0.6 is 15.9 Å². The summed E-state index contributed by atoms with van der Waals surface area (Å²) in [6.07, 6.45) is -2.49. The second-order valence-electron chi connectivity index (χ2n) is 3.95. The van der Waals surface area contributed by atoms with Crippen LogP contribution in [0.2, 0.25) is 0 Å². The summed E-state index contributed by atoms with van der Waals surface area (Å²) in [5.74, 6) is 0. The lowest BCUT2D eigenvalue weighted by molar-refractivity contribution is -0.137. The van der Waals surface area contributed by atoms with E-state index in [4.69, 9.17) is 0 Å². The van der Waals surface area contributed by atoms with Gasteiger partial charge in [0.15, 0.2) is 0 Å². The molecule has 0 radical (unpaired) electrons. The molecule has 0 aliphatic rings. The SMILES string of the molecule is Cc1nn(Cc2ccc(C(F)(F)F)cc2)cc1Br. The predicted octanol–water partition coefficient (Wildman–Crippen LogP) is 4.02. The van der Waals surface area contributed by atoms with E-state index >= 15 is 0 Å². The Labute approximate surface area is 111 Å². The van der Waals surface area contributed by atoms with E-state index in [0.29, 0.717) is 6.54 Å². The maximum absolute atomic E-state index is 12.4. The van der Waals surface area contributed by atoms with Gasteiger partial charge in [0.2, 0.25) is 0 Å². The van der Waals surface area contributed by atoms with Crippen LogP contribution in [0.1, 0.15) is 16.8 Å². The molecule has 1 aromatic heterocycles. The molecule has 0 saturated carbocycles. The van der Waals surface area contributed by atoms with E-state index in [1.807, 2.05) is 6.92 Å². The highest BCUT2D eigenvalue weighted by Gasteiger charge is 2.29. The van der Waals surface area contributed by atoms with Crippen LogP contribution in [0.15, 0.2) is 34.9 Å². The first-order chi connectivity index (χ1) is 8.36. The zero-order valence-electron chi connectivity index (χ0n) is 9.50. The number of aromatic nitrogens is 2. The van der Waals surface area contributed by atoms with Crippen LogP contribution < -0.4 is 0 Å². The normalized spacial score (nSPS) is 11.8. The van der Waals surface area contributed by atoms with Gasteiger partial charge in [-0.2, -0.15) is 18.3 Å². The molecule has 6 heteroatoms. The summed E-state index contributed by atoms with van der Waals surface area (Å²) in [5.41, 5.74) is 0.990. The second kappa shape index (κ2) is 4.76. The molecule has 0 unspecified atom stereocenters. The molecule has 0 aliphatic carbocycles. The largest absolute Gasteiger partial charge is 0.416 e. The molecular formula is C12H10BrF3N2. The van der Waals surface area contributed by atoms with Crippen molar-refractivity contribution in [2.24, 2.45) is 0 Å². The maximum Gasteiger partial charge on any atom is 0.416 e. The van der Waals surface area contributed by atoms with Crippen LogP contribution in [0.3, 0.4) is 0 Å². The van der Waals surface area contributed by atoms with Gasteiger partial charge >= 0.3 is 6.18 Å². The minimum atomic E-state index is -4.29. The van der Waals surface area contributed by atoms with Gasteiger partial charge in [-0.3, -0.25) is 4.68 Å². The van der Waals surface area contributed by atoms with Crippen molar-refractivity contribution in [2.45, 2.75) is 19.6 Å². The number of nitrogens with zero attached hydrogens (tertiary/aromatic N) is 2. The third kappa shape index (κ3) is 2.93. The van der Waals surface area contributed by atoms with Gasteiger partial charge in [-0.25, -0.2) is 0 Å². The Hall–Kier alpha value is -1.30. The number of benzene rings is 1. The van der Waals surface area contributed by atoms with Crippen molar-refractivity contribution in [3.05, 3.63) is 51.8 Å². The van der Waals surface area contributed by atoms with E-state index in [-0.39, 0.29) is 0 Å². The van der Waals surface area contributed by atoms with Crippen LogP contribution in [0.4, 0.5) is 13.2 Å². The molecule has 0 fully saturated rings. The average Bonchev–Trinajstić information content (AvgIpc) is 2.57. The molecule has 18 heavy (non-hydrogen) atoms. The molecule has 2 aromatic rings. The lowest BCUT2D eigenvalue weighted by Gasteiger charge is -2.07. The lowest BCUT2D eigenvalue weighted by Crippen LogP contribution is -2.05. The topological polar surface area (TPSA) is 17.8 Å². The van der Waals surface area contributed by atoms with Crippen molar-refractivity contribution in [3.8, 4) is 0 Å². The zero-order chi connectivity index (χ0) is 13.3. The number of alkyl halides is 3. The molecule has 0 spiro atoms. The number of rotatable bonds is 2. The summed E-state index contributed by atoms with van der Waals surface area (Å²) in [4.78, 5) is 0. The van der Waals surface area contributed by atoms with Crippen molar-refractivity contribution < 1.29 is 13.2 Å². The Morgan fingerprint density at radius 3 is 2.28 bits per heavy atom. The fourth-order valence-electron chi connectivity index (χ4n) is 1.56. The van der Waals surface area contributed by atoms with Crippen LogP contribution in [0, 0.1) is 6.92 Å². The maximum atomic E-state index is 12.4. The highest BCUT2D eigenvalue weighted by molar-refractivity contribution is 9.10. The van der Waals surface area contributed by atoms with Crippen molar-refractivity contribution in [1.82, 2.24) is 9.78 Å². The number of aryl methyl sites for hydroxylation is 1. The smallest absolute Gasteiger partial charge is 0.267 e. The molecule has 2 nitrogen and oxygen atoms in total. The average molecular weight is 319 g/mol. The van der Waals surface area contributed by atoms with Gasteiger partial charge in [0, 0.05) is 6.20 Å². The third-order valence-corrected chi connectivity index (χ3v) is 3.29. The van der Waals surface area contributed by atoms with Crippen LogP contribution in [-0.2, 0) is 12.7 Å². The van der Waals surface area contributed by atoms with Crippen LogP contribution in [0.25, 0.3) is 0 Å². The first kappa shape index (κ1) is 13.1. The van der Waals surface area contributed by atoms with E-state index in [0.717, 1.165) is 27.9 Å². The second-order valence-corrected chi connectivity index (χ2v) is 4.81. The Morgan fingerprint density at radius 1 is 1.22 bits per heavy atom. The molecule has 0 N–H and O–H groups in total. The third-order valence-electron chi connectivity index (χ3n) is 2.51. The highest BCUT2D eigenvalue weighted by Crippen LogP contribution is 2.29. The number of halogens is 4. The van der Waals surface area contributed by atoms with Crippen molar-refractivity contribution in [1.29, 1.82) is 0 Å². The molecule has 2 rings (SSSR count). The quantitative estimate of drug-likeness (QED) is 0.817. The monoisotopic (exact) mass is 318 g/mol. The van der Waals surface area contributed by atoms with E-state index in [1.165, 1.54) is 12.1 Å². The summed E-state index contributed by atoms with van der Waals surface area (Å²) in [6, 6.07) is 5.10. The summed E-state index contributed by atoms with van der Waals surface area (Å²) in [5, 5.41) is 4.22. The first-order valence-electron chi connectivity index (χ1n) is 5.22. The minimum Gasteiger partial charge on any atom is -0.267 e. The van der Waals surface area contributed by atoms with Crippen LogP contribution in [-0.4, -0.2) is 9.78 Å². The van der Waals surface area contributed by atoms with E-state index in [9.17, 15) is 13.2 Å². The molecule has 1 aromatic carbocycles. The predicted molar refractivity (Wildman–Crippen MR) is 65.2 cm³/mol. The number of hydrogen-bond acceptors (Lipinski definition) is 1.